The van der Waals surface area contributed by atoms with Gasteiger partial charge >= 0.3 is 5.97 Å². The van der Waals surface area contributed by atoms with Gasteiger partial charge in [-0.25, -0.2) is 4.79 Å². The standard InChI is InChI=1S/C12H17NO.C7H6O2.ClH/c1-13(2)11-8-7-9-5-3-4-6-10(9)12(11)14;8-7(9)6-4-2-1-3-5-6;/h3-6,11-12,14H,7-8H2,1-2H3;1-5H,(H,8,9);1H/t11-,12+;;/m1../s1. The molecule has 3 rings (SSSR count). The molecular weight excluding hydrogens is 326 g/mol. The van der Waals surface area contributed by atoms with E-state index in [-0.39, 0.29) is 24.6 Å². The minimum Gasteiger partial charge on any atom is -0.478 e. The first-order valence-corrected chi connectivity index (χ1v) is 7.71. The van der Waals surface area contributed by atoms with Crippen molar-refractivity contribution in [2.75, 3.05) is 14.1 Å². The summed E-state index contributed by atoms with van der Waals surface area (Å²) in [6.45, 7) is 0. The van der Waals surface area contributed by atoms with Crippen LogP contribution in [-0.2, 0) is 6.42 Å². The Morgan fingerprint density at radius 1 is 1.04 bits per heavy atom. The number of nitrogens with zero attached hydrogens (tertiary/aromatic N) is 1. The number of fused-ring (bicyclic) bond motifs is 1. The first-order chi connectivity index (χ1) is 11.0. The van der Waals surface area contributed by atoms with Gasteiger partial charge in [-0.1, -0.05) is 42.5 Å². The SMILES string of the molecule is CN(C)[C@@H]1CCc2ccccc2[C@@H]1O.Cl.O=C(O)c1ccccc1. The second kappa shape index (κ2) is 9.42. The fourth-order valence-electron chi connectivity index (χ4n) is 2.84. The van der Waals surface area contributed by atoms with Crippen LogP contribution in [-0.4, -0.2) is 41.2 Å². The van der Waals surface area contributed by atoms with Crippen LogP contribution in [0.15, 0.2) is 54.6 Å². The van der Waals surface area contributed by atoms with Crippen molar-refractivity contribution in [2.24, 2.45) is 0 Å². The zero-order valence-electron chi connectivity index (χ0n) is 13.9. The molecule has 24 heavy (non-hydrogen) atoms. The van der Waals surface area contributed by atoms with Crippen molar-refractivity contribution >= 4 is 18.4 Å². The second-order valence-corrected chi connectivity index (χ2v) is 5.88. The van der Waals surface area contributed by atoms with E-state index in [1.807, 2.05) is 32.3 Å². The smallest absolute Gasteiger partial charge is 0.335 e. The molecule has 0 heterocycles. The maximum atomic E-state index is 10.2. The molecule has 1 aliphatic carbocycles. The van der Waals surface area contributed by atoms with Crippen molar-refractivity contribution in [2.45, 2.75) is 25.0 Å². The molecule has 0 aliphatic heterocycles. The van der Waals surface area contributed by atoms with Crippen LogP contribution in [0.25, 0.3) is 0 Å². The van der Waals surface area contributed by atoms with E-state index in [2.05, 4.69) is 11.0 Å². The number of likely N-dealkylation sites (N-methyl/N-ethyl adjacent to an activating group) is 1. The molecule has 2 aromatic rings. The average molecular weight is 350 g/mol. The molecule has 0 saturated carbocycles. The lowest BCUT2D eigenvalue weighted by atomic mass is 9.85. The molecular formula is C19H24ClNO3. The third-order valence-corrected chi connectivity index (χ3v) is 4.13. The Morgan fingerprint density at radius 3 is 2.17 bits per heavy atom. The quantitative estimate of drug-likeness (QED) is 0.872. The van der Waals surface area contributed by atoms with E-state index >= 15 is 0 Å². The van der Waals surface area contributed by atoms with Crippen molar-refractivity contribution < 1.29 is 15.0 Å². The number of hydrogen-bond acceptors (Lipinski definition) is 3. The number of carbonyl (C=O) groups is 1. The highest BCUT2D eigenvalue weighted by Crippen LogP contribution is 2.31. The van der Waals surface area contributed by atoms with E-state index in [1.54, 1.807) is 30.3 Å². The molecule has 0 unspecified atom stereocenters. The molecule has 0 fully saturated rings. The maximum Gasteiger partial charge on any atom is 0.335 e. The summed E-state index contributed by atoms with van der Waals surface area (Å²) in [7, 11) is 4.06. The summed E-state index contributed by atoms with van der Waals surface area (Å²) in [5.41, 5.74) is 2.74. The number of hydrogen-bond donors (Lipinski definition) is 2. The van der Waals surface area contributed by atoms with Gasteiger partial charge in [0.05, 0.1) is 11.7 Å². The first-order valence-electron chi connectivity index (χ1n) is 7.71. The van der Waals surface area contributed by atoms with Gasteiger partial charge in [0.1, 0.15) is 0 Å². The number of rotatable bonds is 2. The molecule has 2 aromatic carbocycles. The van der Waals surface area contributed by atoms with Crippen LogP contribution in [0, 0.1) is 0 Å². The Morgan fingerprint density at radius 2 is 1.62 bits per heavy atom. The summed E-state index contributed by atoms with van der Waals surface area (Å²) in [4.78, 5) is 12.3. The van der Waals surface area contributed by atoms with E-state index in [0.717, 1.165) is 18.4 Å². The van der Waals surface area contributed by atoms with Crippen molar-refractivity contribution in [3.63, 3.8) is 0 Å². The number of aliphatic hydroxyl groups is 1. The summed E-state index contributed by atoms with van der Waals surface area (Å²) in [5.74, 6) is -0.879. The lowest BCUT2D eigenvalue weighted by Gasteiger charge is -2.34. The van der Waals surface area contributed by atoms with Crippen molar-refractivity contribution in [1.29, 1.82) is 0 Å². The van der Waals surface area contributed by atoms with Crippen LogP contribution >= 0.6 is 12.4 Å². The van der Waals surface area contributed by atoms with Gasteiger partial charge in [0.25, 0.3) is 0 Å². The number of aromatic carboxylic acids is 1. The summed E-state index contributed by atoms with van der Waals surface area (Å²) >= 11 is 0. The average Bonchev–Trinajstić information content (AvgIpc) is 2.56. The molecule has 4 nitrogen and oxygen atoms in total. The van der Waals surface area contributed by atoms with Crippen LogP contribution in [0.5, 0.6) is 0 Å². The third-order valence-electron chi connectivity index (χ3n) is 4.13. The minimum absolute atomic E-state index is 0. The molecule has 0 aromatic heterocycles. The molecule has 2 atom stereocenters. The van der Waals surface area contributed by atoms with E-state index in [4.69, 9.17) is 5.11 Å². The Hall–Kier alpha value is -1.88. The number of aryl methyl sites for hydroxylation is 1. The maximum absolute atomic E-state index is 10.2. The van der Waals surface area contributed by atoms with Gasteiger partial charge in [-0.3, -0.25) is 0 Å². The van der Waals surface area contributed by atoms with E-state index in [9.17, 15) is 9.90 Å². The largest absolute Gasteiger partial charge is 0.478 e. The number of carboxylic acid groups (broad SMARTS) is 1. The van der Waals surface area contributed by atoms with E-state index in [1.165, 1.54) is 5.56 Å². The van der Waals surface area contributed by atoms with Gasteiger partial charge in [0.15, 0.2) is 0 Å². The van der Waals surface area contributed by atoms with Crippen LogP contribution in [0.4, 0.5) is 0 Å². The molecule has 0 spiro atoms. The minimum atomic E-state index is -0.879. The molecule has 5 heteroatoms. The summed E-state index contributed by atoms with van der Waals surface area (Å²) in [5, 5.41) is 18.5. The number of carboxylic acids is 1. The summed E-state index contributed by atoms with van der Waals surface area (Å²) in [6.07, 6.45) is 1.80. The number of halogens is 1. The lowest BCUT2D eigenvalue weighted by Crippen LogP contribution is -2.37. The zero-order chi connectivity index (χ0) is 16.8. The van der Waals surface area contributed by atoms with E-state index in [0.29, 0.717) is 5.56 Å². The van der Waals surface area contributed by atoms with Crippen LogP contribution < -0.4 is 0 Å². The monoisotopic (exact) mass is 349 g/mol. The summed E-state index contributed by atoms with van der Waals surface area (Å²) < 4.78 is 0. The molecule has 0 bridgehead atoms. The highest BCUT2D eigenvalue weighted by atomic mass is 35.5. The van der Waals surface area contributed by atoms with Crippen molar-refractivity contribution in [3.8, 4) is 0 Å². The summed E-state index contributed by atoms with van der Waals surface area (Å²) in [6, 6.07) is 16.8. The normalized spacial score (nSPS) is 18.7. The van der Waals surface area contributed by atoms with Gasteiger partial charge < -0.3 is 15.1 Å². The Bertz CT molecular complexity index is 646. The van der Waals surface area contributed by atoms with Gasteiger partial charge in [0.2, 0.25) is 0 Å². The molecule has 0 saturated heterocycles. The topological polar surface area (TPSA) is 60.8 Å². The van der Waals surface area contributed by atoms with Crippen LogP contribution in [0.3, 0.4) is 0 Å². The predicted octanol–water partition coefficient (Wildman–Crippen LogP) is 3.40. The fraction of sp³-hybridized carbons (Fsp3) is 0.316. The first kappa shape index (κ1) is 20.2. The molecule has 0 amide bonds. The lowest BCUT2D eigenvalue weighted by molar-refractivity contribution is 0.0628. The number of aliphatic hydroxyl groups excluding tert-OH is 1. The Labute approximate surface area is 149 Å². The van der Waals surface area contributed by atoms with E-state index < -0.39 is 5.97 Å². The zero-order valence-corrected chi connectivity index (χ0v) is 14.7. The van der Waals surface area contributed by atoms with Crippen molar-refractivity contribution in [1.82, 2.24) is 4.90 Å². The fourth-order valence-corrected chi connectivity index (χ4v) is 2.84. The van der Waals surface area contributed by atoms with Gasteiger partial charge in [-0.15, -0.1) is 12.4 Å². The molecule has 130 valence electrons. The Kier molecular flexibility index (Phi) is 7.92. The van der Waals surface area contributed by atoms with Crippen molar-refractivity contribution in [3.05, 3.63) is 71.3 Å². The predicted molar refractivity (Wildman–Crippen MR) is 97.8 cm³/mol. The molecule has 0 radical (unpaired) electrons. The van der Waals surface area contributed by atoms with Gasteiger partial charge in [-0.2, -0.15) is 0 Å². The highest BCUT2D eigenvalue weighted by Gasteiger charge is 2.28. The molecule has 2 N–H and O–H groups in total. The number of benzene rings is 2. The van der Waals surface area contributed by atoms with Gasteiger partial charge in [0, 0.05) is 6.04 Å². The van der Waals surface area contributed by atoms with Gasteiger partial charge in [-0.05, 0) is 50.2 Å². The third kappa shape index (κ3) is 5.06. The van der Waals surface area contributed by atoms with Crippen LogP contribution in [0.1, 0.15) is 34.0 Å². The highest BCUT2D eigenvalue weighted by molar-refractivity contribution is 5.87. The van der Waals surface area contributed by atoms with Crippen LogP contribution in [0.2, 0.25) is 0 Å². The molecule has 1 aliphatic rings. The second-order valence-electron chi connectivity index (χ2n) is 5.88. The Balaban J connectivity index is 0.000000252.